The average Bonchev–Trinajstić information content (AvgIpc) is 2.55. The zero-order chi connectivity index (χ0) is 16.8. The molecule has 0 radical (unpaired) electrons. The van der Waals surface area contributed by atoms with Crippen molar-refractivity contribution in [1.82, 2.24) is 0 Å². The zero-order valence-electron chi connectivity index (χ0n) is 14.4. The summed E-state index contributed by atoms with van der Waals surface area (Å²) in [6, 6.07) is 15.8. The molecule has 3 heteroatoms. The van der Waals surface area contributed by atoms with Gasteiger partial charge in [-0.05, 0) is 23.2 Å². The number of hydrogen-bond acceptors (Lipinski definition) is 1. The fourth-order valence-electron chi connectivity index (χ4n) is 2.42. The molecule has 2 aromatic carbocycles. The molecule has 0 fully saturated rings. The Morgan fingerprint density at radius 2 is 1.96 bits per heavy atom. The molecule has 2 nitrogen and oxygen atoms in total. The van der Waals surface area contributed by atoms with Crippen LogP contribution in [-0.4, -0.2) is 5.91 Å². The molecule has 0 aliphatic rings. The summed E-state index contributed by atoms with van der Waals surface area (Å²) in [7, 11) is 0. The van der Waals surface area contributed by atoms with Gasteiger partial charge in [-0.3, -0.25) is 4.79 Å². The number of rotatable bonds is 6. The van der Waals surface area contributed by atoms with Crippen molar-refractivity contribution in [1.29, 1.82) is 0 Å². The summed E-state index contributed by atoms with van der Waals surface area (Å²) in [5.74, 6) is 0.297. The summed E-state index contributed by atoms with van der Waals surface area (Å²) in [6.07, 6.45) is 2.89. The Labute approximate surface area is 169 Å². The van der Waals surface area contributed by atoms with Gasteiger partial charge in [0.05, 0.1) is 0 Å². The van der Waals surface area contributed by atoms with Crippen molar-refractivity contribution in [2.45, 2.75) is 32.6 Å². The van der Waals surface area contributed by atoms with Gasteiger partial charge in [0.25, 0.3) is 0 Å². The fraction of sp³-hybridized carbons (Fsp3) is 0.238. The van der Waals surface area contributed by atoms with Crippen LogP contribution in [0.1, 0.15) is 37.3 Å². The predicted octanol–water partition coefficient (Wildman–Crippen LogP) is 5.17. The van der Waals surface area contributed by atoms with Crippen LogP contribution in [0.5, 0.6) is 0 Å². The van der Waals surface area contributed by atoms with Gasteiger partial charge in [0, 0.05) is 0 Å². The normalized spacial score (nSPS) is 10.2. The van der Waals surface area contributed by atoms with E-state index in [0.717, 1.165) is 35.2 Å². The number of aryl methyl sites for hydroxylation is 1. The molecule has 2 aromatic rings. The first-order chi connectivity index (χ1) is 11.0. The van der Waals surface area contributed by atoms with Crippen molar-refractivity contribution >= 4 is 11.6 Å². The van der Waals surface area contributed by atoms with Crippen molar-refractivity contribution in [3.63, 3.8) is 0 Å². The Balaban J connectivity index is 0.00000288. The number of anilines is 1. The maximum atomic E-state index is 11.6. The van der Waals surface area contributed by atoms with Crippen LogP contribution >= 0.6 is 0 Å². The number of benzene rings is 2. The number of amides is 1. The molecule has 0 atom stereocenters. The molecule has 0 unspecified atom stereocenters. The quantitative estimate of drug-likeness (QED) is 0.396. The molecule has 1 N–H and O–H groups in total. The van der Waals surface area contributed by atoms with Gasteiger partial charge in [0.2, 0.25) is 5.91 Å². The van der Waals surface area contributed by atoms with E-state index in [1.54, 1.807) is 0 Å². The summed E-state index contributed by atoms with van der Waals surface area (Å²) >= 11 is 0. The van der Waals surface area contributed by atoms with Crippen LogP contribution in [-0.2, 0) is 11.2 Å². The van der Waals surface area contributed by atoms with E-state index in [1.807, 2.05) is 12.1 Å². The van der Waals surface area contributed by atoms with Crippen molar-refractivity contribution in [3.8, 4) is 11.1 Å². The smallest absolute Gasteiger partial charge is 0.343 e. The van der Waals surface area contributed by atoms with Crippen LogP contribution < -0.4 is 5.32 Å². The van der Waals surface area contributed by atoms with Crippen LogP contribution in [0.3, 0.4) is 0 Å². The van der Waals surface area contributed by atoms with E-state index in [4.69, 9.17) is 0 Å². The fourth-order valence-corrected chi connectivity index (χ4v) is 2.42. The molecule has 0 aliphatic heterocycles. The zero-order valence-corrected chi connectivity index (χ0v) is 18.5. The van der Waals surface area contributed by atoms with Crippen LogP contribution in [0.2, 0.25) is 0 Å². The van der Waals surface area contributed by atoms with Gasteiger partial charge in [0.15, 0.2) is 0 Å². The Hall–Kier alpha value is -1.30. The third-order valence-electron chi connectivity index (χ3n) is 3.71. The minimum atomic E-state index is -0.210. The largest absolute Gasteiger partial charge is 2.00 e. The number of nitrogens with one attached hydrogen (secondary N) is 1. The summed E-state index contributed by atoms with van der Waals surface area (Å²) < 4.78 is 0. The van der Waals surface area contributed by atoms with Crippen LogP contribution in [0.4, 0.5) is 5.69 Å². The summed E-state index contributed by atoms with van der Waals surface area (Å²) in [5.41, 5.74) is 5.19. The Kier molecular flexibility index (Phi) is 8.53. The number of hydrogen-bond donors (Lipinski definition) is 1. The van der Waals surface area contributed by atoms with Gasteiger partial charge in [-0.2, -0.15) is 6.42 Å². The Bertz CT molecular complexity index is 689. The standard InChI is InChI=1S/C21H23NO.U/c1-5-7-16-12-19(14-20(13-16)22-21(23)6-2)18-10-8-17(9-11-18)15(3)4;/h6,8-11,13-15H,1-2,5,7H2,3-4H3,(H,22,23);/q-2;+2. The van der Waals surface area contributed by atoms with E-state index >= 15 is 0 Å². The van der Waals surface area contributed by atoms with E-state index in [1.165, 1.54) is 11.6 Å². The minimum Gasteiger partial charge on any atom is -0.343 e. The van der Waals surface area contributed by atoms with Crippen molar-refractivity contribution in [2.75, 3.05) is 5.32 Å². The third-order valence-corrected chi connectivity index (χ3v) is 3.71. The van der Waals surface area contributed by atoms with Crippen LogP contribution in [0, 0.1) is 44.1 Å². The molecule has 1 amide bonds. The van der Waals surface area contributed by atoms with E-state index < -0.39 is 0 Å². The molecule has 0 saturated carbocycles. The monoisotopic (exact) mass is 543 g/mol. The van der Waals surface area contributed by atoms with E-state index in [9.17, 15) is 4.79 Å². The number of carbonyl (C=O) groups excluding carboxylic acids is 1. The van der Waals surface area contributed by atoms with Crippen molar-refractivity contribution < 1.29 is 35.9 Å². The van der Waals surface area contributed by atoms with E-state index in [2.05, 4.69) is 63.0 Å². The Morgan fingerprint density at radius 3 is 2.50 bits per heavy atom. The Morgan fingerprint density at radius 1 is 1.29 bits per heavy atom. The van der Waals surface area contributed by atoms with Gasteiger partial charge in [-0.15, -0.1) is 29.3 Å². The SMILES string of the molecule is C=CC(=O)Nc1cc(CC[CH2-])[c-]c(-c2ccc(C(C)C)cc2)c1.[U+2]. The second-order valence-corrected chi connectivity index (χ2v) is 5.88. The predicted molar refractivity (Wildman–Crippen MR) is 97.3 cm³/mol. The van der Waals surface area contributed by atoms with Crippen molar-refractivity contribution in [2.24, 2.45) is 0 Å². The molecule has 0 heterocycles. The first kappa shape index (κ1) is 20.7. The first-order valence-corrected chi connectivity index (χ1v) is 7.92. The minimum absolute atomic E-state index is 0. The maximum absolute atomic E-state index is 11.6. The molecular weight excluding hydrogens is 520 g/mol. The van der Waals surface area contributed by atoms with Gasteiger partial charge >= 0.3 is 31.1 Å². The molecule has 0 saturated heterocycles. The maximum Gasteiger partial charge on any atom is 2.00 e. The van der Waals surface area contributed by atoms with Gasteiger partial charge in [0.1, 0.15) is 0 Å². The van der Waals surface area contributed by atoms with Crippen LogP contribution in [0.15, 0.2) is 49.1 Å². The van der Waals surface area contributed by atoms with E-state index in [0.29, 0.717) is 5.92 Å². The van der Waals surface area contributed by atoms with E-state index in [-0.39, 0.29) is 37.0 Å². The first-order valence-electron chi connectivity index (χ1n) is 7.92. The molecular formula is C21H23NOU. The molecule has 0 aromatic heterocycles. The average molecular weight is 543 g/mol. The van der Waals surface area contributed by atoms with Crippen molar-refractivity contribution in [3.05, 3.63) is 73.2 Å². The molecule has 2 rings (SSSR count). The molecule has 0 aliphatic carbocycles. The van der Waals surface area contributed by atoms with Gasteiger partial charge in [-0.25, -0.2) is 0 Å². The summed E-state index contributed by atoms with van der Waals surface area (Å²) in [6.45, 7) is 11.7. The second kappa shape index (κ2) is 9.87. The summed E-state index contributed by atoms with van der Waals surface area (Å²) in [4.78, 5) is 11.6. The molecule has 0 bridgehead atoms. The molecule has 0 spiro atoms. The second-order valence-electron chi connectivity index (χ2n) is 5.88. The number of carbonyl (C=O) groups is 1. The molecule has 24 heavy (non-hydrogen) atoms. The third kappa shape index (κ3) is 5.65. The topological polar surface area (TPSA) is 29.1 Å². The van der Waals surface area contributed by atoms with Gasteiger partial charge < -0.3 is 12.2 Å². The molecule has 122 valence electrons. The van der Waals surface area contributed by atoms with Crippen LogP contribution in [0.25, 0.3) is 11.1 Å². The van der Waals surface area contributed by atoms with Gasteiger partial charge in [-0.1, -0.05) is 56.7 Å². The summed E-state index contributed by atoms with van der Waals surface area (Å²) in [5, 5.41) is 2.83.